The number of fused-ring (bicyclic) bond motifs is 2. The summed E-state index contributed by atoms with van der Waals surface area (Å²) in [5, 5.41) is 4.62. The second kappa shape index (κ2) is 13.7. The summed E-state index contributed by atoms with van der Waals surface area (Å²) in [4.78, 5) is 31.0. The van der Waals surface area contributed by atoms with E-state index in [0.29, 0.717) is 54.2 Å². The number of carbonyl (C=O) groups is 2. The molecule has 1 saturated heterocycles. The monoisotopic (exact) mass is 661 g/mol. The Bertz CT molecular complexity index is 1620. The van der Waals surface area contributed by atoms with Gasteiger partial charge in [0.2, 0.25) is 5.91 Å². The molecular weight excluding hydrogens is 621 g/mol. The van der Waals surface area contributed by atoms with Crippen LogP contribution in [0.5, 0.6) is 11.5 Å². The summed E-state index contributed by atoms with van der Waals surface area (Å²) in [7, 11) is 0. The van der Waals surface area contributed by atoms with Gasteiger partial charge in [0.05, 0.1) is 16.1 Å². The van der Waals surface area contributed by atoms with Crippen LogP contribution in [0, 0.1) is 20.8 Å². The Morgan fingerprint density at radius 1 is 0.891 bits per heavy atom. The zero-order valence-corrected chi connectivity index (χ0v) is 28.4. The summed E-state index contributed by atoms with van der Waals surface area (Å²) in [6.45, 7) is 10.0. The van der Waals surface area contributed by atoms with Crippen LogP contribution in [0.4, 0.5) is 0 Å². The molecule has 242 valence electrons. The maximum atomic E-state index is 14.6. The van der Waals surface area contributed by atoms with Gasteiger partial charge in [-0.15, -0.1) is 0 Å². The Morgan fingerprint density at radius 3 is 2.15 bits per heavy atom. The molecule has 46 heavy (non-hydrogen) atoms. The lowest BCUT2D eigenvalue weighted by Gasteiger charge is -2.44. The van der Waals surface area contributed by atoms with E-state index in [1.165, 1.54) is 11.1 Å². The van der Waals surface area contributed by atoms with Crippen molar-refractivity contribution in [2.75, 3.05) is 26.3 Å². The number of hydrogen-bond acceptors (Lipinski definition) is 5. The number of nitrogens with zero attached hydrogens (tertiary/aromatic N) is 2. The Morgan fingerprint density at radius 2 is 1.52 bits per heavy atom. The molecule has 2 aliphatic heterocycles. The third-order valence-corrected chi connectivity index (χ3v) is 9.47. The quantitative estimate of drug-likeness (QED) is 0.239. The summed E-state index contributed by atoms with van der Waals surface area (Å²) >= 11 is 12.6. The van der Waals surface area contributed by atoms with Gasteiger partial charge in [0.15, 0.2) is 5.75 Å². The van der Waals surface area contributed by atoms with E-state index in [4.69, 9.17) is 32.7 Å². The molecule has 1 saturated carbocycles. The van der Waals surface area contributed by atoms with Gasteiger partial charge in [-0.05, 0) is 86.6 Å². The highest BCUT2D eigenvalue weighted by Gasteiger charge is 2.43. The molecule has 2 amide bonds. The molecule has 3 aromatic carbocycles. The molecule has 3 aliphatic rings. The first-order valence-electron chi connectivity index (χ1n) is 16.0. The number of ether oxygens (including phenoxy) is 2. The maximum Gasteiger partial charge on any atom is 0.252 e. The van der Waals surface area contributed by atoms with E-state index in [-0.39, 0.29) is 36.5 Å². The normalized spacial score (nSPS) is 19.2. The number of piperazine rings is 1. The van der Waals surface area contributed by atoms with Crippen molar-refractivity contribution < 1.29 is 19.1 Å². The lowest BCUT2D eigenvalue weighted by Crippen LogP contribution is -2.61. The fraction of sp³-hybridized carbons (Fsp3) is 0.405. The van der Waals surface area contributed by atoms with Crippen LogP contribution in [0.3, 0.4) is 0 Å². The van der Waals surface area contributed by atoms with Crippen LogP contribution in [-0.4, -0.2) is 66.0 Å². The second-order valence-corrected chi connectivity index (χ2v) is 13.7. The number of aryl methyl sites for hydroxylation is 3. The first kappa shape index (κ1) is 32.4. The van der Waals surface area contributed by atoms with Crippen molar-refractivity contribution >= 4 is 40.6 Å². The van der Waals surface area contributed by atoms with Crippen LogP contribution in [0.1, 0.15) is 54.0 Å². The number of benzene rings is 3. The molecule has 2 atom stereocenters. The lowest BCUT2D eigenvalue weighted by atomic mass is 9.82. The first-order valence-corrected chi connectivity index (χ1v) is 16.8. The largest absolute Gasteiger partial charge is 0.490 e. The minimum atomic E-state index is -0.229. The van der Waals surface area contributed by atoms with Gasteiger partial charge in [0.1, 0.15) is 19.0 Å². The Balaban J connectivity index is 1.23. The molecule has 2 bridgehead atoms. The molecule has 6 rings (SSSR count). The molecule has 0 aromatic heterocycles. The topological polar surface area (TPSA) is 71.1 Å². The zero-order chi connectivity index (χ0) is 32.5. The minimum absolute atomic E-state index is 0.0402. The average molecular weight is 663 g/mol. The summed E-state index contributed by atoms with van der Waals surface area (Å²) in [6, 6.07) is 18.1. The minimum Gasteiger partial charge on any atom is -0.490 e. The van der Waals surface area contributed by atoms with Gasteiger partial charge in [0, 0.05) is 44.2 Å². The van der Waals surface area contributed by atoms with Crippen LogP contribution in [0.25, 0.3) is 5.57 Å². The summed E-state index contributed by atoms with van der Waals surface area (Å²) < 4.78 is 11.8. The Kier molecular flexibility index (Phi) is 9.64. The standard InChI is InChI=1S/C37H41Cl2N3O4/c1-22-13-23(2)15-26(14-22)19-42(29-7-8-29)37(44)35-31(18-28-20-41(25(4)43)21-34(35)40-28)27-5-9-30(10-6-27)45-11-12-46-36-32(38)16-24(3)17-33(36)39/h5-6,9-10,13-17,28-29,34,40H,7-8,11-12,18-21H2,1-4H3/t28-,34-/m1/s1. The molecule has 0 spiro atoms. The molecule has 0 radical (unpaired) electrons. The number of halogens is 2. The van der Waals surface area contributed by atoms with Gasteiger partial charge in [-0.3, -0.25) is 9.59 Å². The SMILES string of the molecule is CC(=O)N1C[C@H]2CC(c3ccc(OCCOc4c(Cl)cc(C)cc4Cl)cc3)=C(C(=O)N(Cc3cc(C)cc(C)c3)C3CC3)[C@@H](C1)N2. The molecule has 3 aromatic rings. The fourth-order valence-corrected chi connectivity index (χ4v) is 7.47. The smallest absolute Gasteiger partial charge is 0.252 e. The van der Waals surface area contributed by atoms with Gasteiger partial charge in [0.25, 0.3) is 5.91 Å². The molecule has 9 heteroatoms. The molecule has 7 nitrogen and oxygen atoms in total. The summed E-state index contributed by atoms with van der Waals surface area (Å²) in [5.74, 6) is 1.25. The summed E-state index contributed by atoms with van der Waals surface area (Å²) in [5.41, 5.74) is 7.32. The molecule has 0 unspecified atom stereocenters. The van der Waals surface area contributed by atoms with E-state index < -0.39 is 0 Å². The van der Waals surface area contributed by atoms with Crippen LogP contribution in [0.2, 0.25) is 10.0 Å². The molecule has 2 heterocycles. The van der Waals surface area contributed by atoms with E-state index in [0.717, 1.165) is 40.7 Å². The van der Waals surface area contributed by atoms with Crippen LogP contribution < -0.4 is 14.8 Å². The predicted molar refractivity (Wildman–Crippen MR) is 183 cm³/mol. The number of amides is 2. The highest BCUT2D eigenvalue weighted by atomic mass is 35.5. The van der Waals surface area contributed by atoms with Crippen molar-refractivity contribution in [2.24, 2.45) is 0 Å². The molecule has 1 N–H and O–H groups in total. The lowest BCUT2D eigenvalue weighted by molar-refractivity contribution is -0.132. The number of hydrogen-bond donors (Lipinski definition) is 1. The van der Waals surface area contributed by atoms with Crippen molar-refractivity contribution in [3.8, 4) is 11.5 Å². The first-order chi connectivity index (χ1) is 22.0. The van der Waals surface area contributed by atoms with Crippen molar-refractivity contribution in [1.82, 2.24) is 15.1 Å². The van der Waals surface area contributed by atoms with Gasteiger partial charge >= 0.3 is 0 Å². The van der Waals surface area contributed by atoms with Crippen molar-refractivity contribution in [2.45, 2.75) is 71.6 Å². The third-order valence-electron chi connectivity index (χ3n) is 8.91. The molecule has 2 fully saturated rings. The van der Waals surface area contributed by atoms with E-state index in [9.17, 15) is 9.59 Å². The van der Waals surface area contributed by atoms with Crippen molar-refractivity contribution in [1.29, 1.82) is 0 Å². The highest BCUT2D eigenvalue weighted by Crippen LogP contribution is 2.38. The van der Waals surface area contributed by atoms with E-state index in [1.807, 2.05) is 48.2 Å². The Labute approximate surface area is 281 Å². The van der Waals surface area contributed by atoms with Crippen molar-refractivity contribution in [3.63, 3.8) is 0 Å². The third kappa shape index (κ3) is 7.38. The van der Waals surface area contributed by atoms with E-state index >= 15 is 0 Å². The van der Waals surface area contributed by atoms with Crippen LogP contribution in [0.15, 0.2) is 60.2 Å². The second-order valence-electron chi connectivity index (χ2n) is 12.9. The maximum absolute atomic E-state index is 14.6. The summed E-state index contributed by atoms with van der Waals surface area (Å²) in [6.07, 6.45) is 2.69. The average Bonchev–Trinajstić information content (AvgIpc) is 3.84. The predicted octanol–water partition coefficient (Wildman–Crippen LogP) is 6.91. The van der Waals surface area contributed by atoms with Gasteiger partial charge in [-0.1, -0.05) is 64.7 Å². The molecular formula is C37H41Cl2N3O4. The number of rotatable bonds is 10. The zero-order valence-electron chi connectivity index (χ0n) is 26.9. The molecule has 1 aliphatic carbocycles. The van der Waals surface area contributed by atoms with Crippen LogP contribution in [-0.2, 0) is 16.1 Å². The van der Waals surface area contributed by atoms with Crippen molar-refractivity contribution in [3.05, 3.63) is 98.0 Å². The number of carbonyl (C=O) groups excluding carboxylic acids is 2. The van der Waals surface area contributed by atoms with Gasteiger partial charge in [-0.2, -0.15) is 0 Å². The fourth-order valence-electron chi connectivity index (χ4n) is 6.77. The Hall–Kier alpha value is -3.52. The highest BCUT2D eigenvalue weighted by molar-refractivity contribution is 6.37. The number of nitrogens with one attached hydrogen (secondary N) is 1. The van der Waals surface area contributed by atoms with E-state index in [2.05, 4.69) is 42.3 Å². The van der Waals surface area contributed by atoms with Gasteiger partial charge < -0.3 is 24.6 Å². The van der Waals surface area contributed by atoms with Gasteiger partial charge in [-0.25, -0.2) is 0 Å². The van der Waals surface area contributed by atoms with Crippen LogP contribution >= 0.6 is 23.2 Å². The van der Waals surface area contributed by atoms with E-state index in [1.54, 1.807) is 6.92 Å².